The fraction of sp³-hybridized carbons (Fsp3) is 0.0164. The number of hydrogen-bond acceptors (Lipinski definition) is 2. The molecule has 0 unspecified atom stereocenters. The summed E-state index contributed by atoms with van der Waals surface area (Å²) in [6.45, 7) is 0. The van der Waals surface area contributed by atoms with Crippen molar-refractivity contribution in [3.63, 3.8) is 0 Å². The Kier molecular flexibility index (Phi) is 8.68. The van der Waals surface area contributed by atoms with Crippen LogP contribution in [0.15, 0.2) is 243 Å². The van der Waals surface area contributed by atoms with Crippen LogP contribution in [0.5, 0.6) is 0 Å². The molecule has 0 radical (unpaired) electrons. The van der Waals surface area contributed by atoms with E-state index in [1.165, 1.54) is 65.4 Å². The topological polar surface area (TPSA) is 21.3 Å². The van der Waals surface area contributed by atoms with Crippen molar-refractivity contribution in [1.82, 2.24) is 13.7 Å². The van der Waals surface area contributed by atoms with E-state index in [9.17, 15) is 0 Å². The number of rotatable bonds is 8. The maximum Gasteiger partial charge on any atom is 0.0542 e. The molecule has 0 atom stereocenters. The highest BCUT2D eigenvalue weighted by atomic mass is 15.2. The van der Waals surface area contributed by atoms with Gasteiger partial charge < -0.3 is 23.5 Å². The first kappa shape index (κ1) is 37.7. The fourth-order valence-corrected chi connectivity index (χ4v) is 10.4. The molecule has 5 nitrogen and oxygen atoms in total. The Morgan fingerprint density at radius 1 is 0.242 bits per heavy atom. The second-order valence-electron chi connectivity index (χ2n) is 17.1. The lowest BCUT2D eigenvalue weighted by Crippen LogP contribution is -2.10. The molecule has 5 heteroatoms. The monoisotopic (exact) mass is 845 g/mol. The Bertz CT molecular complexity index is 3680. The molecule has 13 rings (SSSR count). The largest absolute Gasteiger partial charge is 0.344 e. The van der Waals surface area contributed by atoms with Crippen LogP contribution in [0.4, 0.5) is 34.1 Å². The van der Waals surface area contributed by atoms with Gasteiger partial charge in [0.05, 0.1) is 22.1 Å². The summed E-state index contributed by atoms with van der Waals surface area (Å²) in [6, 6.07) is 88.0. The minimum Gasteiger partial charge on any atom is -0.344 e. The normalized spacial score (nSPS) is 11.7. The summed E-state index contributed by atoms with van der Waals surface area (Å²) >= 11 is 0. The highest BCUT2D eigenvalue weighted by molar-refractivity contribution is 6.14. The van der Waals surface area contributed by atoms with Gasteiger partial charge in [0.15, 0.2) is 0 Å². The van der Waals surface area contributed by atoms with Crippen LogP contribution in [-0.2, 0) is 7.05 Å². The molecule has 0 saturated carbocycles. The molecular weight excluding hydrogens is 803 g/mol. The smallest absolute Gasteiger partial charge is 0.0542 e. The number of para-hydroxylation sites is 6. The van der Waals surface area contributed by atoms with Gasteiger partial charge in [0, 0.05) is 95.9 Å². The third kappa shape index (κ3) is 5.94. The van der Waals surface area contributed by atoms with Crippen molar-refractivity contribution < 1.29 is 0 Å². The minimum atomic E-state index is 1.10. The number of hydrogen-bond donors (Lipinski definition) is 0. The molecule has 0 N–H and O–H groups in total. The number of nitrogens with zero attached hydrogens (tertiary/aromatic N) is 5. The van der Waals surface area contributed by atoms with Crippen LogP contribution < -0.4 is 9.80 Å². The lowest BCUT2D eigenvalue weighted by atomic mass is 10.1. The molecule has 312 valence electrons. The quantitative estimate of drug-likeness (QED) is 0.152. The van der Waals surface area contributed by atoms with Gasteiger partial charge in [-0.1, -0.05) is 109 Å². The summed E-state index contributed by atoms with van der Waals surface area (Å²) in [5.41, 5.74) is 16.0. The average molecular weight is 846 g/mol. The van der Waals surface area contributed by atoms with Gasteiger partial charge in [-0.3, -0.25) is 0 Å². The van der Waals surface area contributed by atoms with Crippen LogP contribution in [0, 0.1) is 0 Å². The summed E-state index contributed by atoms with van der Waals surface area (Å²) in [4.78, 5) is 4.79. The summed E-state index contributed by atoms with van der Waals surface area (Å²) < 4.78 is 7.08. The molecule has 0 aliphatic carbocycles. The van der Waals surface area contributed by atoms with Crippen LogP contribution in [0.3, 0.4) is 0 Å². The Hall–Kier alpha value is -8.80. The van der Waals surface area contributed by atoms with Crippen molar-refractivity contribution in [3.05, 3.63) is 243 Å². The molecule has 0 aliphatic rings. The highest BCUT2D eigenvalue weighted by Crippen LogP contribution is 2.44. The molecule has 10 aromatic carbocycles. The number of aromatic nitrogens is 3. The lowest BCUT2D eigenvalue weighted by molar-refractivity contribution is 1.01. The van der Waals surface area contributed by atoms with Gasteiger partial charge >= 0.3 is 0 Å². The number of fused-ring (bicyclic) bond motifs is 9. The standard InChI is InChI=1S/C61H43N5/c1-62-56-34-30-46(63(42-18-6-2-7-19-42)48-32-36-60-52(38-48)50-26-14-16-28-58(50)65(60)44-22-10-4-11-23-44)40-54(56)55-41-47(31-35-57(55)62)64(43-20-8-3-9-21-43)49-33-37-61-53(39-49)51-27-15-17-29-59(51)66(61)45-24-12-5-13-25-45/h2-41H,1H3. The van der Waals surface area contributed by atoms with Gasteiger partial charge in [0.1, 0.15) is 0 Å². The third-order valence-corrected chi connectivity index (χ3v) is 13.4. The zero-order valence-corrected chi connectivity index (χ0v) is 36.3. The average Bonchev–Trinajstić information content (AvgIpc) is 3.99. The first-order valence-corrected chi connectivity index (χ1v) is 22.6. The van der Waals surface area contributed by atoms with Gasteiger partial charge in [-0.15, -0.1) is 0 Å². The van der Waals surface area contributed by atoms with Crippen molar-refractivity contribution in [2.45, 2.75) is 0 Å². The SMILES string of the molecule is Cn1c2ccc(N(c3ccccc3)c3ccc4c(c3)c3ccccc3n4-c3ccccc3)cc2c2cc(N(c3ccccc3)c3ccc4c(c3)c3ccccc3n4-c3ccccc3)ccc21. The molecule has 0 amide bonds. The van der Waals surface area contributed by atoms with Crippen molar-refractivity contribution in [1.29, 1.82) is 0 Å². The van der Waals surface area contributed by atoms with Crippen molar-refractivity contribution in [2.24, 2.45) is 7.05 Å². The van der Waals surface area contributed by atoms with Crippen LogP contribution in [0.2, 0.25) is 0 Å². The van der Waals surface area contributed by atoms with E-state index >= 15 is 0 Å². The third-order valence-electron chi connectivity index (χ3n) is 13.4. The van der Waals surface area contributed by atoms with Crippen LogP contribution in [0.1, 0.15) is 0 Å². The van der Waals surface area contributed by atoms with Crippen molar-refractivity contribution in [3.8, 4) is 11.4 Å². The van der Waals surface area contributed by atoms with Crippen LogP contribution in [0.25, 0.3) is 76.8 Å². The minimum absolute atomic E-state index is 1.10. The van der Waals surface area contributed by atoms with Crippen molar-refractivity contribution >= 4 is 99.5 Å². The van der Waals surface area contributed by atoms with Crippen LogP contribution >= 0.6 is 0 Å². The van der Waals surface area contributed by atoms with Gasteiger partial charge in [0.2, 0.25) is 0 Å². The summed E-state index contributed by atoms with van der Waals surface area (Å²) in [5.74, 6) is 0. The predicted octanol–water partition coefficient (Wildman–Crippen LogP) is 16.5. The maximum absolute atomic E-state index is 2.40. The van der Waals surface area contributed by atoms with E-state index in [4.69, 9.17) is 0 Å². The van der Waals surface area contributed by atoms with Gasteiger partial charge in [-0.05, 0) is 133 Å². The molecule has 3 aromatic heterocycles. The van der Waals surface area contributed by atoms with E-state index in [0.29, 0.717) is 0 Å². The van der Waals surface area contributed by atoms with Gasteiger partial charge in [-0.2, -0.15) is 0 Å². The van der Waals surface area contributed by atoms with Gasteiger partial charge in [-0.25, -0.2) is 0 Å². The van der Waals surface area contributed by atoms with Crippen LogP contribution in [-0.4, -0.2) is 13.7 Å². The van der Waals surface area contributed by atoms with E-state index in [2.05, 4.69) is 273 Å². The molecular formula is C61H43N5. The molecule has 0 aliphatic heterocycles. The zero-order valence-electron chi connectivity index (χ0n) is 36.3. The predicted molar refractivity (Wildman–Crippen MR) is 278 cm³/mol. The second-order valence-corrected chi connectivity index (χ2v) is 17.1. The fourth-order valence-electron chi connectivity index (χ4n) is 10.4. The zero-order chi connectivity index (χ0) is 43.7. The summed E-state index contributed by atoms with van der Waals surface area (Å²) in [7, 11) is 2.18. The Labute approximate surface area is 382 Å². The summed E-state index contributed by atoms with van der Waals surface area (Å²) in [5, 5.41) is 7.28. The van der Waals surface area contributed by atoms with E-state index < -0.39 is 0 Å². The molecule has 3 heterocycles. The molecule has 0 fully saturated rings. The Morgan fingerprint density at radius 3 is 0.909 bits per heavy atom. The number of benzene rings is 10. The highest BCUT2D eigenvalue weighted by Gasteiger charge is 2.22. The Morgan fingerprint density at radius 2 is 0.530 bits per heavy atom. The van der Waals surface area contributed by atoms with Gasteiger partial charge in [0.25, 0.3) is 0 Å². The number of aryl methyl sites for hydroxylation is 1. The van der Waals surface area contributed by atoms with E-state index in [-0.39, 0.29) is 0 Å². The maximum atomic E-state index is 2.40. The van der Waals surface area contributed by atoms with Crippen molar-refractivity contribution in [2.75, 3.05) is 9.80 Å². The van der Waals surface area contributed by atoms with E-state index in [1.54, 1.807) is 0 Å². The molecule has 66 heavy (non-hydrogen) atoms. The molecule has 0 spiro atoms. The molecule has 0 saturated heterocycles. The first-order valence-electron chi connectivity index (χ1n) is 22.6. The lowest BCUT2D eigenvalue weighted by Gasteiger charge is -2.26. The van der Waals surface area contributed by atoms with E-state index in [0.717, 1.165) is 45.5 Å². The molecule has 0 bridgehead atoms. The first-order chi connectivity index (χ1) is 32.7. The second kappa shape index (κ2) is 15.2. The molecule has 13 aromatic rings. The van der Waals surface area contributed by atoms with E-state index in [1.807, 2.05) is 0 Å². The number of anilines is 6. The summed E-state index contributed by atoms with van der Waals surface area (Å²) in [6.07, 6.45) is 0. The Balaban J connectivity index is 0.982.